The smallest absolute Gasteiger partial charge is 0.219 e. The quantitative estimate of drug-likeness (QED) is 0.607. The Morgan fingerprint density at radius 3 is 2.36 bits per heavy atom. The molecule has 1 amide bonds. The normalized spacial score (nSPS) is 17.1. The van der Waals surface area contributed by atoms with E-state index in [9.17, 15) is 4.79 Å². The van der Waals surface area contributed by atoms with Gasteiger partial charge in [-0.15, -0.1) is 0 Å². The first-order chi connectivity index (χ1) is 5.11. The second kappa shape index (κ2) is 3.24. The minimum atomic E-state index is 0.237. The van der Waals surface area contributed by atoms with E-state index in [4.69, 9.17) is 0 Å². The zero-order chi connectivity index (χ0) is 8.43. The van der Waals surface area contributed by atoms with E-state index in [0.29, 0.717) is 12.0 Å². The second-order valence-corrected chi connectivity index (χ2v) is 3.80. The van der Waals surface area contributed by atoms with Gasteiger partial charge in [0.1, 0.15) is 0 Å². The minimum Gasteiger partial charge on any atom is -0.340 e. The highest BCUT2D eigenvalue weighted by Gasteiger charge is 2.30. The first kappa shape index (κ1) is 8.57. The van der Waals surface area contributed by atoms with E-state index in [-0.39, 0.29) is 5.91 Å². The Morgan fingerprint density at radius 1 is 1.55 bits per heavy atom. The highest BCUT2D eigenvalue weighted by atomic mass is 16.2. The monoisotopic (exact) mass is 155 g/mol. The molecular weight excluding hydrogens is 138 g/mol. The van der Waals surface area contributed by atoms with Crippen LogP contribution < -0.4 is 0 Å². The molecule has 64 valence electrons. The van der Waals surface area contributed by atoms with Crippen molar-refractivity contribution in [2.75, 3.05) is 6.54 Å². The maximum absolute atomic E-state index is 11.1. The van der Waals surface area contributed by atoms with Gasteiger partial charge in [0, 0.05) is 19.5 Å². The van der Waals surface area contributed by atoms with Crippen molar-refractivity contribution in [2.24, 2.45) is 5.92 Å². The van der Waals surface area contributed by atoms with Crippen LogP contribution in [0.15, 0.2) is 0 Å². The van der Waals surface area contributed by atoms with Crippen LogP contribution in [0, 0.1) is 5.92 Å². The van der Waals surface area contributed by atoms with E-state index in [0.717, 1.165) is 6.54 Å². The van der Waals surface area contributed by atoms with E-state index in [2.05, 4.69) is 13.8 Å². The maximum atomic E-state index is 11.1. The van der Waals surface area contributed by atoms with Crippen molar-refractivity contribution in [1.82, 2.24) is 4.90 Å². The molecule has 0 atom stereocenters. The number of hydrogen-bond donors (Lipinski definition) is 0. The number of hydrogen-bond acceptors (Lipinski definition) is 1. The Balaban J connectivity index is 2.38. The van der Waals surface area contributed by atoms with Crippen LogP contribution in [0.3, 0.4) is 0 Å². The zero-order valence-corrected chi connectivity index (χ0v) is 7.63. The van der Waals surface area contributed by atoms with Crippen LogP contribution in [-0.2, 0) is 4.79 Å². The average molecular weight is 155 g/mol. The Labute approximate surface area is 68.6 Å². The molecule has 1 rings (SSSR count). The lowest BCUT2D eigenvalue weighted by Crippen LogP contribution is -2.34. The van der Waals surface area contributed by atoms with Gasteiger partial charge in [-0.05, 0) is 18.8 Å². The van der Waals surface area contributed by atoms with Crippen molar-refractivity contribution in [3.05, 3.63) is 0 Å². The second-order valence-electron chi connectivity index (χ2n) is 3.80. The molecule has 0 aliphatic heterocycles. The third-order valence-corrected chi connectivity index (χ3v) is 1.95. The van der Waals surface area contributed by atoms with Crippen molar-refractivity contribution >= 4 is 5.91 Å². The molecular formula is C9H17NO. The fraction of sp³-hybridized carbons (Fsp3) is 0.889. The lowest BCUT2D eigenvalue weighted by atomic mass is 10.2. The summed E-state index contributed by atoms with van der Waals surface area (Å²) in [7, 11) is 0. The molecule has 2 heteroatoms. The molecule has 1 aliphatic rings. The molecule has 1 fully saturated rings. The summed E-state index contributed by atoms with van der Waals surface area (Å²) in [5.41, 5.74) is 0. The Hall–Kier alpha value is -0.530. The van der Waals surface area contributed by atoms with Crippen LogP contribution in [0.25, 0.3) is 0 Å². The van der Waals surface area contributed by atoms with Gasteiger partial charge in [-0.1, -0.05) is 13.8 Å². The van der Waals surface area contributed by atoms with Crippen LogP contribution in [0.5, 0.6) is 0 Å². The third kappa shape index (κ3) is 2.52. The molecule has 0 aromatic carbocycles. The van der Waals surface area contributed by atoms with Gasteiger partial charge < -0.3 is 4.90 Å². The summed E-state index contributed by atoms with van der Waals surface area (Å²) in [4.78, 5) is 13.1. The number of carbonyl (C=O) groups excluding carboxylic acids is 1. The summed E-state index contributed by atoms with van der Waals surface area (Å²) in [6.07, 6.45) is 2.43. The van der Waals surface area contributed by atoms with Crippen LogP contribution in [0.4, 0.5) is 0 Å². The van der Waals surface area contributed by atoms with E-state index >= 15 is 0 Å². The fourth-order valence-corrected chi connectivity index (χ4v) is 1.31. The lowest BCUT2D eigenvalue weighted by Gasteiger charge is -2.22. The third-order valence-electron chi connectivity index (χ3n) is 1.95. The average Bonchev–Trinajstić information content (AvgIpc) is 2.63. The molecule has 0 spiro atoms. The molecule has 0 N–H and O–H groups in total. The largest absolute Gasteiger partial charge is 0.340 e. The molecule has 11 heavy (non-hydrogen) atoms. The van der Waals surface area contributed by atoms with Gasteiger partial charge in [0.15, 0.2) is 0 Å². The van der Waals surface area contributed by atoms with Gasteiger partial charge in [-0.25, -0.2) is 0 Å². The molecule has 1 saturated carbocycles. The fourth-order valence-electron chi connectivity index (χ4n) is 1.31. The summed E-state index contributed by atoms with van der Waals surface area (Å²) in [5, 5.41) is 0. The van der Waals surface area contributed by atoms with Crippen molar-refractivity contribution in [2.45, 2.75) is 39.7 Å². The molecule has 1 aliphatic carbocycles. The minimum absolute atomic E-state index is 0.237. The van der Waals surface area contributed by atoms with E-state index in [1.807, 2.05) is 4.90 Å². The van der Waals surface area contributed by atoms with Crippen molar-refractivity contribution in [3.8, 4) is 0 Å². The van der Waals surface area contributed by atoms with Gasteiger partial charge in [0.25, 0.3) is 0 Å². The molecule has 0 aromatic heterocycles. The Bertz CT molecular complexity index is 150. The van der Waals surface area contributed by atoms with Crippen LogP contribution >= 0.6 is 0 Å². The van der Waals surface area contributed by atoms with E-state index < -0.39 is 0 Å². The Morgan fingerprint density at radius 2 is 2.09 bits per heavy atom. The van der Waals surface area contributed by atoms with Crippen LogP contribution in [-0.4, -0.2) is 23.4 Å². The van der Waals surface area contributed by atoms with Crippen LogP contribution in [0.1, 0.15) is 33.6 Å². The van der Waals surface area contributed by atoms with Gasteiger partial charge in [-0.3, -0.25) is 4.79 Å². The van der Waals surface area contributed by atoms with E-state index in [1.165, 1.54) is 12.8 Å². The summed E-state index contributed by atoms with van der Waals surface area (Å²) in [6, 6.07) is 0.579. The molecule has 0 bridgehead atoms. The predicted molar refractivity (Wildman–Crippen MR) is 45.2 cm³/mol. The van der Waals surface area contributed by atoms with Crippen molar-refractivity contribution in [1.29, 1.82) is 0 Å². The lowest BCUT2D eigenvalue weighted by molar-refractivity contribution is -0.129. The molecule has 0 saturated heterocycles. The Kier molecular flexibility index (Phi) is 2.53. The van der Waals surface area contributed by atoms with Crippen LogP contribution in [0.2, 0.25) is 0 Å². The topological polar surface area (TPSA) is 20.3 Å². The van der Waals surface area contributed by atoms with Crippen molar-refractivity contribution < 1.29 is 4.79 Å². The van der Waals surface area contributed by atoms with Gasteiger partial charge >= 0.3 is 0 Å². The molecule has 0 heterocycles. The van der Waals surface area contributed by atoms with E-state index in [1.54, 1.807) is 6.92 Å². The first-order valence-electron chi connectivity index (χ1n) is 4.38. The molecule has 0 aromatic rings. The molecule has 2 nitrogen and oxygen atoms in total. The summed E-state index contributed by atoms with van der Waals surface area (Å²) in [6.45, 7) is 6.90. The highest BCUT2D eigenvalue weighted by molar-refractivity contribution is 5.73. The van der Waals surface area contributed by atoms with Gasteiger partial charge in [0.2, 0.25) is 5.91 Å². The molecule has 0 unspecified atom stereocenters. The highest BCUT2D eigenvalue weighted by Crippen LogP contribution is 2.27. The number of nitrogens with zero attached hydrogens (tertiary/aromatic N) is 1. The first-order valence-corrected chi connectivity index (χ1v) is 4.38. The standard InChI is InChI=1S/C9H17NO/c1-7(2)6-10(8(3)11)9-4-5-9/h7,9H,4-6H2,1-3H3. The number of carbonyl (C=O) groups is 1. The van der Waals surface area contributed by atoms with Crippen molar-refractivity contribution in [3.63, 3.8) is 0 Å². The zero-order valence-electron chi connectivity index (χ0n) is 7.63. The number of amides is 1. The summed E-state index contributed by atoms with van der Waals surface area (Å²) in [5.74, 6) is 0.834. The van der Waals surface area contributed by atoms with Gasteiger partial charge in [-0.2, -0.15) is 0 Å². The molecule has 0 radical (unpaired) electrons. The summed E-state index contributed by atoms with van der Waals surface area (Å²) < 4.78 is 0. The van der Waals surface area contributed by atoms with Gasteiger partial charge in [0.05, 0.1) is 0 Å². The predicted octanol–water partition coefficient (Wildman–Crippen LogP) is 1.65. The maximum Gasteiger partial charge on any atom is 0.219 e. The SMILES string of the molecule is CC(=O)N(CC(C)C)C1CC1. The number of rotatable bonds is 3. The summed E-state index contributed by atoms with van der Waals surface area (Å²) >= 11 is 0.